The van der Waals surface area contributed by atoms with Gasteiger partial charge in [0, 0.05) is 19.0 Å². The maximum absolute atomic E-state index is 12.0. The van der Waals surface area contributed by atoms with Gasteiger partial charge in [-0.3, -0.25) is 9.48 Å². The Bertz CT molecular complexity index is 936. The van der Waals surface area contributed by atoms with Gasteiger partial charge in [-0.05, 0) is 18.6 Å². The second kappa shape index (κ2) is 7.64. The molecule has 0 bridgehead atoms. The van der Waals surface area contributed by atoms with Gasteiger partial charge >= 0.3 is 6.03 Å². The van der Waals surface area contributed by atoms with Crippen LogP contribution >= 0.6 is 0 Å². The molecule has 0 aliphatic heterocycles. The van der Waals surface area contributed by atoms with Gasteiger partial charge in [0.05, 0.1) is 24.1 Å². The fourth-order valence-electron chi connectivity index (χ4n) is 2.58. The largest absolute Gasteiger partial charge is 0.334 e. The lowest BCUT2D eigenvalue weighted by Crippen LogP contribution is -2.39. The van der Waals surface area contributed by atoms with Gasteiger partial charge < -0.3 is 16.0 Å². The Labute approximate surface area is 150 Å². The third-order valence-corrected chi connectivity index (χ3v) is 3.85. The van der Waals surface area contributed by atoms with Crippen molar-refractivity contribution in [3.8, 4) is 0 Å². The highest BCUT2D eigenvalue weighted by Crippen LogP contribution is 2.19. The van der Waals surface area contributed by atoms with Crippen molar-refractivity contribution in [3.63, 3.8) is 0 Å². The molecule has 134 valence electrons. The number of fused-ring (bicyclic) bond motifs is 1. The Balaban J connectivity index is 1.49. The van der Waals surface area contributed by atoms with Crippen LogP contribution in [-0.2, 0) is 18.4 Å². The molecular weight excluding hydrogens is 332 g/mol. The molecule has 0 unspecified atom stereocenters. The van der Waals surface area contributed by atoms with E-state index in [1.165, 1.54) is 0 Å². The third kappa shape index (κ3) is 4.15. The lowest BCUT2D eigenvalue weighted by atomic mass is 10.2. The van der Waals surface area contributed by atoms with Crippen LogP contribution in [0.3, 0.4) is 0 Å². The monoisotopic (exact) mass is 352 g/mol. The van der Waals surface area contributed by atoms with Gasteiger partial charge in [-0.25, -0.2) is 9.78 Å². The Hall–Kier alpha value is -3.42. The van der Waals surface area contributed by atoms with E-state index in [4.69, 9.17) is 0 Å². The number of amides is 3. The number of nitrogens with zero attached hydrogens (tertiary/aromatic N) is 3. The minimum absolute atomic E-state index is 0.134. The number of pyridine rings is 1. The summed E-state index contributed by atoms with van der Waals surface area (Å²) in [4.78, 5) is 28.1. The van der Waals surface area contributed by atoms with Crippen molar-refractivity contribution < 1.29 is 9.59 Å². The zero-order valence-corrected chi connectivity index (χ0v) is 14.6. The van der Waals surface area contributed by atoms with E-state index in [0.29, 0.717) is 12.2 Å². The molecule has 0 aliphatic rings. The molecule has 26 heavy (non-hydrogen) atoms. The van der Waals surface area contributed by atoms with E-state index in [9.17, 15) is 9.59 Å². The number of aryl methyl sites for hydroxylation is 2. The highest BCUT2D eigenvalue weighted by atomic mass is 16.2. The van der Waals surface area contributed by atoms with Crippen molar-refractivity contribution in [2.45, 2.75) is 13.5 Å². The van der Waals surface area contributed by atoms with Crippen molar-refractivity contribution in [1.82, 2.24) is 25.4 Å². The number of urea groups is 1. The van der Waals surface area contributed by atoms with Gasteiger partial charge in [-0.2, -0.15) is 5.10 Å². The molecule has 0 atom stereocenters. The maximum atomic E-state index is 12.0. The lowest BCUT2D eigenvalue weighted by Gasteiger charge is -2.08. The van der Waals surface area contributed by atoms with Gasteiger partial charge in [0.1, 0.15) is 0 Å². The summed E-state index contributed by atoms with van der Waals surface area (Å²) in [5.74, 6) is -0.331. The summed E-state index contributed by atoms with van der Waals surface area (Å²) in [7, 11) is 1.82. The first-order valence-corrected chi connectivity index (χ1v) is 8.18. The van der Waals surface area contributed by atoms with Crippen LogP contribution in [-0.4, -0.2) is 33.2 Å². The lowest BCUT2D eigenvalue weighted by molar-refractivity contribution is -0.115. The molecule has 0 saturated heterocycles. The Morgan fingerprint density at radius 1 is 1.15 bits per heavy atom. The number of aromatic nitrogens is 3. The summed E-state index contributed by atoms with van der Waals surface area (Å²) in [5.41, 5.74) is 3.13. The summed E-state index contributed by atoms with van der Waals surface area (Å²) < 4.78 is 1.69. The van der Waals surface area contributed by atoms with Crippen molar-refractivity contribution in [3.05, 3.63) is 53.9 Å². The summed E-state index contributed by atoms with van der Waals surface area (Å²) in [5, 5.41) is 13.1. The number of hydrogen-bond donors (Lipinski definition) is 3. The zero-order valence-electron chi connectivity index (χ0n) is 14.6. The number of nitrogens with one attached hydrogen (secondary N) is 3. The molecule has 3 amide bonds. The van der Waals surface area contributed by atoms with Crippen LogP contribution in [0.4, 0.5) is 10.5 Å². The van der Waals surface area contributed by atoms with Gasteiger partial charge in [0.25, 0.3) is 0 Å². The third-order valence-electron chi connectivity index (χ3n) is 3.85. The quantitative estimate of drug-likeness (QED) is 0.651. The fourth-order valence-corrected chi connectivity index (χ4v) is 2.58. The Morgan fingerprint density at radius 2 is 1.92 bits per heavy atom. The minimum Gasteiger partial charge on any atom is -0.334 e. The SMILES string of the molecule is Cc1nn(C)c2ncc(NC(=O)CNC(=O)NCc3ccccc3)cc12. The molecule has 1 aromatic carbocycles. The van der Waals surface area contributed by atoms with Crippen molar-refractivity contribution in [2.24, 2.45) is 7.05 Å². The molecule has 3 rings (SSSR count). The first-order valence-electron chi connectivity index (χ1n) is 8.18. The molecule has 2 heterocycles. The molecule has 0 fully saturated rings. The molecule has 3 N–H and O–H groups in total. The van der Waals surface area contributed by atoms with Crippen LogP contribution in [0.2, 0.25) is 0 Å². The summed E-state index contributed by atoms with van der Waals surface area (Å²) in [6.45, 7) is 2.15. The second-order valence-electron chi connectivity index (χ2n) is 5.87. The molecule has 8 heteroatoms. The van der Waals surface area contributed by atoms with Gasteiger partial charge in [-0.1, -0.05) is 30.3 Å². The van der Waals surface area contributed by atoms with E-state index in [1.54, 1.807) is 10.9 Å². The number of carbonyl (C=O) groups excluding carboxylic acids is 2. The van der Waals surface area contributed by atoms with Gasteiger partial charge in [0.15, 0.2) is 5.65 Å². The van der Waals surface area contributed by atoms with Gasteiger partial charge in [0.2, 0.25) is 5.91 Å². The highest BCUT2D eigenvalue weighted by molar-refractivity contribution is 5.95. The number of hydrogen-bond acceptors (Lipinski definition) is 4. The van der Waals surface area contributed by atoms with E-state index < -0.39 is 6.03 Å². The number of rotatable bonds is 5. The molecule has 2 aromatic heterocycles. The summed E-state index contributed by atoms with van der Waals surface area (Å²) in [6, 6.07) is 11.0. The van der Waals surface area contributed by atoms with Crippen LogP contribution in [0.15, 0.2) is 42.6 Å². The van der Waals surface area contributed by atoms with Crippen LogP contribution < -0.4 is 16.0 Å². The minimum atomic E-state index is -0.402. The fraction of sp³-hybridized carbons (Fsp3) is 0.222. The second-order valence-corrected chi connectivity index (χ2v) is 5.87. The molecule has 0 aliphatic carbocycles. The average molecular weight is 352 g/mol. The van der Waals surface area contributed by atoms with Crippen molar-refractivity contribution >= 4 is 28.7 Å². The maximum Gasteiger partial charge on any atom is 0.315 e. The Kier molecular flexibility index (Phi) is 5.12. The first-order chi connectivity index (χ1) is 12.5. The molecule has 3 aromatic rings. The summed E-state index contributed by atoms with van der Waals surface area (Å²) in [6.07, 6.45) is 1.57. The van der Waals surface area contributed by atoms with Crippen molar-refractivity contribution in [2.75, 3.05) is 11.9 Å². The normalized spacial score (nSPS) is 10.5. The van der Waals surface area contributed by atoms with E-state index >= 15 is 0 Å². The van der Waals surface area contributed by atoms with Gasteiger partial charge in [-0.15, -0.1) is 0 Å². The highest BCUT2D eigenvalue weighted by Gasteiger charge is 2.10. The standard InChI is InChI=1S/C18H20N6O2/c1-12-15-8-14(10-19-17(15)24(2)23-12)22-16(25)11-21-18(26)20-9-13-6-4-3-5-7-13/h3-8,10H,9,11H2,1-2H3,(H,22,25)(H2,20,21,26). The molecule has 0 radical (unpaired) electrons. The molecule has 0 saturated carbocycles. The number of anilines is 1. The van der Waals surface area contributed by atoms with Crippen LogP contribution in [0.25, 0.3) is 11.0 Å². The first kappa shape index (κ1) is 17.4. The van der Waals surface area contributed by atoms with E-state index in [2.05, 4.69) is 26.0 Å². The zero-order chi connectivity index (χ0) is 18.5. The van der Waals surface area contributed by atoms with Crippen LogP contribution in [0, 0.1) is 6.92 Å². The Morgan fingerprint density at radius 3 is 2.69 bits per heavy atom. The van der Waals surface area contributed by atoms with Crippen LogP contribution in [0.5, 0.6) is 0 Å². The molecular formula is C18H20N6O2. The predicted octanol–water partition coefficient (Wildman–Crippen LogP) is 1.71. The van der Waals surface area contributed by atoms with Crippen LogP contribution in [0.1, 0.15) is 11.3 Å². The smallest absolute Gasteiger partial charge is 0.315 e. The van der Waals surface area contributed by atoms with Crippen molar-refractivity contribution in [1.29, 1.82) is 0 Å². The predicted molar refractivity (Wildman–Crippen MR) is 98.6 cm³/mol. The average Bonchev–Trinajstić information content (AvgIpc) is 2.93. The topological polar surface area (TPSA) is 101 Å². The van der Waals surface area contributed by atoms with E-state index in [1.807, 2.05) is 50.4 Å². The van der Waals surface area contributed by atoms with E-state index in [-0.39, 0.29) is 12.5 Å². The molecule has 0 spiro atoms. The molecule has 8 nitrogen and oxygen atoms in total. The number of carbonyl (C=O) groups is 2. The number of benzene rings is 1. The summed E-state index contributed by atoms with van der Waals surface area (Å²) >= 11 is 0. The van der Waals surface area contributed by atoms with E-state index in [0.717, 1.165) is 22.3 Å².